The highest BCUT2D eigenvalue weighted by Crippen LogP contribution is 2.22. The first-order valence-corrected chi connectivity index (χ1v) is 9.50. The van der Waals surface area contributed by atoms with Crippen LogP contribution in [-0.2, 0) is 0 Å². The zero-order valence-corrected chi connectivity index (χ0v) is 16.1. The average Bonchev–Trinajstić information content (AvgIpc) is 2.98. The number of benzene rings is 2. The number of thiazole rings is 1. The SMILES string of the molecule is CCN=c1scc(-c2ccc(Br)cc2)n1N=Cc1ccccc1Cl. The lowest BCUT2D eigenvalue weighted by Crippen LogP contribution is -2.12. The first-order chi connectivity index (χ1) is 11.7. The molecule has 0 saturated heterocycles. The summed E-state index contributed by atoms with van der Waals surface area (Å²) in [7, 11) is 0. The van der Waals surface area contributed by atoms with E-state index in [9.17, 15) is 0 Å². The van der Waals surface area contributed by atoms with Gasteiger partial charge in [-0.2, -0.15) is 5.10 Å². The van der Waals surface area contributed by atoms with Gasteiger partial charge in [0.25, 0.3) is 0 Å². The van der Waals surface area contributed by atoms with Crippen molar-refractivity contribution < 1.29 is 0 Å². The summed E-state index contributed by atoms with van der Waals surface area (Å²) < 4.78 is 2.91. The number of rotatable bonds is 4. The second kappa shape index (κ2) is 7.92. The van der Waals surface area contributed by atoms with Crippen LogP contribution >= 0.6 is 38.9 Å². The summed E-state index contributed by atoms with van der Waals surface area (Å²) in [4.78, 5) is 5.39. The maximum Gasteiger partial charge on any atom is 0.206 e. The van der Waals surface area contributed by atoms with E-state index in [0.29, 0.717) is 11.6 Å². The van der Waals surface area contributed by atoms with Crippen LogP contribution in [0.1, 0.15) is 12.5 Å². The molecular formula is C18H15BrClN3S. The van der Waals surface area contributed by atoms with E-state index in [-0.39, 0.29) is 0 Å². The third-order valence-electron chi connectivity index (χ3n) is 3.34. The number of halogens is 2. The maximum absolute atomic E-state index is 6.21. The predicted molar refractivity (Wildman–Crippen MR) is 106 cm³/mol. The molecule has 0 aliphatic rings. The van der Waals surface area contributed by atoms with Crippen LogP contribution in [0.25, 0.3) is 11.3 Å². The van der Waals surface area contributed by atoms with Crippen LogP contribution in [0.3, 0.4) is 0 Å². The fourth-order valence-corrected chi connectivity index (χ4v) is 3.52. The molecule has 0 amide bonds. The molecule has 0 spiro atoms. The normalized spacial score (nSPS) is 12.2. The van der Waals surface area contributed by atoms with Gasteiger partial charge in [0, 0.05) is 32.5 Å². The van der Waals surface area contributed by atoms with Crippen LogP contribution in [0.5, 0.6) is 0 Å². The van der Waals surface area contributed by atoms with Gasteiger partial charge in [0.1, 0.15) is 0 Å². The highest BCUT2D eigenvalue weighted by molar-refractivity contribution is 9.10. The van der Waals surface area contributed by atoms with Gasteiger partial charge in [-0.3, -0.25) is 4.99 Å². The highest BCUT2D eigenvalue weighted by atomic mass is 79.9. The molecule has 1 heterocycles. The zero-order chi connectivity index (χ0) is 16.9. The molecular weight excluding hydrogens is 406 g/mol. The summed E-state index contributed by atoms with van der Waals surface area (Å²) in [6.45, 7) is 2.73. The molecule has 0 N–H and O–H groups in total. The molecule has 0 atom stereocenters. The Bertz CT molecular complexity index is 926. The van der Waals surface area contributed by atoms with Crippen molar-refractivity contribution in [1.29, 1.82) is 0 Å². The molecule has 0 aliphatic heterocycles. The first-order valence-electron chi connectivity index (χ1n) is 7.45. The molecule has 0 radical (unpaired) electrons. The van der Waals surface area contributed by atoms with Crippen LogP contribution in [-0.4, -0.2) is 17.4 Å². The molecule has 24 heavy (non-hydrogen) atoms. The summed E-state index contributed by atoms with van der Waals surface area (Å²) >= 11 is 11.3. The lowest BCUT2D eigenvalue weighted by molar-refractivity contribution is 0.833. The number of hydrogen-bond donors (Lipinski definition) is 0. The molecule has 1 aromatic heterocycles. The van der Waals surface area contributed by atoms with Gasteiger partial charge in [0.2, 0.25) is 4.80 Å². The minimum absolute atomic E-state index is 0.677. The van der Waals surface area contributed by atoms with Crippen molar-refractivity contribution in [1.82, 2.24) is 4.68 Å². The fraction of sp³-hybridized carbons (Fsp3) is 0.111. The van der Waals surface area contributed by atoms with E-state index in [4.69, 9.17) is 11.6 Å². The monoisotopic (exact) mass is 419 g/mol. The number of aromatic nitrogens is 1. The Morgan fingerprint density at radius 1 is 1.17 bits per heavy atom. The van der Waals surface area contributed by atoms with Crippen molar-refractivity contribution in [2.75, 3.05) is 6.54 Å². The smallest absolute Gasteiger partial charge is 0.206 e. The molecule has 3 aromatic rings. The summed E-state index contributed by atoms with van der Waals surface area (Å²) in [6.07, 6.45) is 1.77. The van der Waals surface area contributed by atoms with Crippen molar-refractivity contribution in [2.45, 2.75) is 6.92 Å². The molecule has 0 unspecified atom stereocenters. The lowest BCUT2D eigenvalue weighted by Gasteiger charge is -2.04. The minimum atomic E-state index is 0.677. The van der Waals surface area contributed by atoms with Crippen LogP contribution in [0, 0.1) is 0 Å². The van der Waals surface area contributed by atoms with Crippen molar-refractivity contribution in [3.05, 3.63) is 73.8 Å². The molecule has 6 heteroatoms. The van der Waals surface area contributed by atoms with E-state index in [1.54, 1.807) is 17.6 Å². The Balaban J connectivity index is 2.08. The van der Waals surface area contributed by atoms with E-state index in [2.05, 4.69) is 43.5 Å². The van der Waals surface area contributed by atoms with Crippen molar-refractivity contribution in [3.63, 3.8) is 0 Å². The Kier molecular flexibility index (Phi) is 5.66. The van der Waals surface area contributed by atoms with Gasteiger partial charge in [0.15, 0.2) is 0 Å². The first kappa shape index (κ1) is 17.1. The molecule has 0 bridgehead atoms. The molecule has 0 aliphatic carbocycles. The summed E-state index contributed by atoms with van der Waals surface area (Å²) in [5.74, 6) is 0. The average molecular weight is 421 g/mol. The molecule has 0 saturated carbocycles. The number of nitrogens with zero attached hydrogens (tertiary/aromatic N) is 3. The van der Waals surface area contributed by atoms with Gasteiger partial charge in [-0.15, -0.1) is 11.3 Å². The van der Waals surface area contributed by atoms with Gasteiger partial charge in [-0.05, 0) is 25.1 Å². The topological polar surface area (TPSA) is 29.6 Å². The van der Waals surface area contributed by atoms with Crippen LogP contribution in [0.15, 0.2) is 68.5 Å². The van der Waals surface area contributed by atoms with Gasteiger partial charge in [-0.1, -0.05) is 57.9 Å². The molecule has 122 valence electrons. The van der Waals surface area contributed by atoms with Crippen LogP contribution in [0.4, 0.5) is 0 Å². The van der Waals surface area contributed by atoms with Crippen molar-refractivity contribution >= 4 is 45.1 Å². The van der Waals surface area contributed by atoms with Crippen LogP contribution in [0.2, 0.25) is 5.02 Å². The Hall–Kier alpha value is -1.69. The van der Waals surface area contributed by atoms with Crippen LogP contribution < -0.4 is 4.80 Å². The van der Waals surface area contributed by atoms with Gasteiger partial charge >= 0.3 is 0 Å². The molecule has 2 aromatic carbocycles. The molecule has 0 fully saturated rings. The molecule has 3 rings (SSSR count). The lowest BCUT2D eigenvalue weighted by atomic mass is 10.2. The summed E-state index contributed by atoms with van der Waals surface area (Å²) in [5, 5.41) is 7.37. The largest absolute Gasteiger partial charge is 0.258 e. The standard InChI is InChI=1S/C18H15BrClN3S/c1-2-21-18-23(22-11-14-5-3-4-6-16(14)20)17(12-24-18)13-7-9-15(19)10-8-13/h3-12H,2H2,1H3. The Labute approximate surface area is 158 Å². The third kappa shape index (κ3) is 3.86. The Morgan fingerprint density at radius 3 is 2.62 bits per heavy atom. The Morgan fingerprint density at radius 2 is 1.92 bits per heavy atom. The van der Waals surface area contributed by atoms with E-state index in [1.165, 1.54) is 0 Å². The third-order valence-corrected chi connectivity index (χ3v) is 5.06. The second-order valence-corrected chi connectivity index (χ2v) is 7.12. The minimum Gasteiger partial charge on any atom is -0.258 e. The zero-order valence-electron chi connectivity index (χ0n) is 13.0. The van der Waals surface area contributed by atoms with Crippen molar-refractivity contribution in [3.8, 4) is 11.3 Å². The molecule has 3 nitrogen and oxygen atoms in total. The highest BCUT2D eigenvalue weighted by Gasteiger charge is 2.07. The summed E-state index contributed by atoms with van der Waals surface area (Å²) in [6, 6.07) is 15.8. The number of hydrogen-bond acceptors (Lipinski definition) is 3. The maximum atomic E-state index is 6.21. The second-order valence-electron chi connectivity index (χ2n) is 4.96. The van der Waals surface area contributed by atoms with Gasteiger partial charge < -0.3 is 0 Å². The van der Waals surface area contributed by atoms with Gasteiger partial charge in [-0.25, -0.2) is 4.68 Å². The fourth-order valence-electron chi connectivity index (χ4n) is 2.17. The van der Waals surface area contributed by atoms with E-state index < -0.39 is 0 Å². The van der Waals surface area contributed by atoms with E-state index in [1.807, 2.05) is 48.0 Å². The predicted octanol–water partition coefficient (Wildman–Crippen LogP) is 5.44. The van der Waals surface area contributed by atoms with E-state index in [0.717, 1.165) is 26.1 Å². The summed E-state index contributed by atoms with van der Waals surface area (Å²) in [5.41, 5.74) is 2.97. The van der Waals surface area contributed by atoms with Gasteiger partial charge in [0.05, 0.1) is 11.9 Å². The quantitative estimate of drug-likeness (QED) is 0.503. The van der Waals surface area contributed by atoms with Crippen molar-refractivity contribution in [2.24, 2.45) is 10.1 Å². The van der Waals surface area contributed by atoms with E-state index >= 15 is 0 Å².